The van der Waals surface area contributed by atoms with Gasteiger partial charge in [0.25, 0.3) is 5.56 Å². The van der Waals surface area contributed by atoms with Crippen molar-refractivity contribution in [3.05, 3.63) is 56.2 Å². The van der Waals surface area contributed by atoms with Crippen molar-refractivity contribution in [2.24, 2.45) is 0 Å². The van der Waals surface area contributed by atoms with E-state index in [1.54, 1.807) is 15.9 Å². The molecule has 6 heteroatoms. The van der Waals surface area contributed by atoms with Gasteiger partial charge in [-0.15, -0.1) is 11.3 Å². The molecule has 26 heavy (non-hydrogen) atoms. The first kappa shape index (κ1) is 18.7. The molecular weight excluding hydrogens is 362 g/mol. The largest absolute Gasteiger partial charge is 0.282 e. The van der Waals surface area contributed by atoms with Crippen LogP contribution in [0.5, 0.6) is 0 Å². The minimum absolute atomic E-state index is 0.0170. The van der Waals surface area contributed by atoms with E-state index in [9.17, 15) is 10.1 Å². The molecule has 3 rings (SSSR count). The molecule has 0 aliphatic carbocycles. The molecule has 0 saturated heterocycles. The Labute approximate surface area is 161 Å². The van der Waals surface area contributed by atoms with E-state index in [0.29, 0.717) is 17.1 Å². The van der Waals surface area contributed by atoms with Gasteiger partial charge in [-0.05, 0) is 38.3 Å². The highest BCUT2D eigenvalue weighted by atomic mass is 32.2. The molecule has 0 aliphatic rings. The monoisotopic (exact) mass is 383 g/mol. The summed E-state index contributed by atoms with van der Waals surface area (Å²) in [6.07, 6.45) is 0.890. The lowest BCUT2D eigenvalue weighted by molar-refractivity contribution is 0.658. The Kier molecular flexibility index (Phi) is 5.49. The van der Waals surface area contributed by atoms with Crippen molar-refractivity contribution in [1.29, 1.82) is 5.26 Å². The summed E-state index contributed by atoms with van der Waals surface area (Å²) in [5, 5.41) is 10.3. The van der Waals surface area contributed by atoms with Crippen LogP contribution in [0.1, 0.15) is 35.4 Å². The van der Waals surface area contributed by atoms with Crippen molar-refractivity contribution in [3.8, 4) is 6.07 Å². The fourth-order valence-electron chi connectivity index (χ4n) is 2.87. The van der Waals surface area contributed by atoms with Gasteiger partial charge in [0, 0.05) is 4.88 Å². The number of aromatic nitrogens is 2. The molecule has 0 saturated carbocycles. The number of hydrogen-bond donors (Lipinski definition) is 0. The summed E-state index contributed by atoms with van der Waals surface area (Å²) in [7, 11) is 0. The number of fused-ring (bicyclic) bond motifs is 1. The summed E-state index contributed by atoms with van der Waals surface area (Å²) >= 11 is 2.92. The van der Waals surface area contributed by atoms with Crippen LogP contribution < -0.4 is 5.56 Å². The van der Waals surface area contributed by atoms with Crippen molar-refractivity contribution in [2.45, 2.75) is 51.1 Å². The van der Waals surface area contributed by atoms with Gasteiger partial charge in [0.05, 0.1) is 23.3 Å². The Morgan fingerprint density at radius 3 is 2.62 bits per heavy atom. The van der Waals surface area contributed by atoms with Gasteiger partial charge in [-0.25, -0.2) is 4.98 Å². The summed E-state index contributed by atoms with van der Waals surface area (Å²) < 4.78 is 1.71. The highest BCUT2D eigenvalue weighted by molar-refractivity contribution is 8.00. The number of thioether (sulfide) groups is 1. The van der Waals surface area contributed by atoms with E-state index < -0.39 is 0 Å². The molecular formula is C20H21N3OS2. The van der Waals surface area contributed by atoms with Crippen LogP contribution in [-0.4, -0.2) is 14.8 Å². The number of hydrogen-bond acceptors (Lipinski definition) is 5. The van der Waals surface area contributed by atoms with Crippen LogP contribution in [0.2, 0.25) is 0 Å². The number of thiophene rings is 1. The molecule has 0 amide bonds. The van der Waals surface area contributed by atoms with Crippen molar-refractivity contribution < 1.29 is 0 Å². The fraction of sp³-hybridized carbons (Fsp3) is 0.350. The molecule has 1 atom stereocenters. The maximum atomic E-state index is 13.3. The number of nitrogens with zero attached hydrogens (tertiary/aromatic N) is 3. The summed E-state index contributed by atoms with van der Waals surface area (Å²) in [5.74, 6) is 0. The first-order chi connectivity index (χ1) is 12.4. The zero-order chi connectivity index (χ0) is 18.8. The van der Waals surface area contributed by atoms with Crippen LogP contribution in [0.4, 0.5) is 0 Å². The molecule has 2 aromatic heterocycles. The fourth-order valence-corrected chi connectivity index (χ4v) is 4.82. The van der Waals surface area contributed by atoms with Gasteiger partial charge < -0.3 is 0 Å². The highest BCUT2D eigenvalue weighted by Crippen LogP contribution is 2.30. The molecule has 0 spiro atoms. The normalized spacial score (nSPS) is 12.3. The van der Waals surface area contributed by atoms with E-state index in [2.05, 4.69) is 13.0 Å². The van der Waals surface area contributed by atoms with Crippen LogP contribution in [0.3, 0.4) is 0 Å². The van der Waals surface area contributed by atoms with E-state index in [1.807, 2.05) is 45.0 Å². The minimum atomic E-state index is -0.268. The van der Waals surface area contributed by atoms with Gasteiger partial charge in [-0.3, -0.25) is 9.36 Å². The summed E-state index contributed by atoms with van der Waals surface area (Å²) in [6, 6.07) is 10.4. The number of nitriles is 1. The van der Waals surface area contributed by atoms with Crippen LogP contribution in [0, 0.1) is 25.2 Å². The smallest absolute Gasteiger partial charge is 0.263 e. The Bertz CT molecular complexity index is 1040. The Hall–Kier alpha value is -2.10. The molecule has 4 nitrogen and oxygen atoms in total. The number of aryl methyl sites for hydroxylation is 3. The third-order valence-corrected chi connectivity index (χ3v) is 6.67. The highest BCUT2D eigenvalue weighted by Gasteiger charge is 2.19. The van der Waals surface area contributed by atoms with Crippen molar-refractivity contribution >= 4 is 33.3 Å². The zero-order valence-electron chi connectivity index (χ0n) is 15.4. The van der Waals surface area contributed by atoms with Gasteiger partial charge in [-0.2, -0.15) is 5.26 Å². The van der Waals surface area contributed by atoms with Crippen molar-refractivity contribution in [1.82, 2.24) is 9.55 Å². The summed E-state index contributed by atoms with van der Waals surface area (Å²) in [6.45, 7) is 8.42. The van der Waals surface area contributed by atoms with E-state index in [4.69, 9.17) is 4.98 Å². The Morgan fingerprint density at radius 2 is 2.00 bits per heavy atom. The second kappa shape index (κ2) is 7.65. The molecule has 1 aromatic carbocycles. The maximum absolute atomic E-state index is 13.3. The SMILES string of the molecule is CCc1sc2nc(S[C@@H](C)C#N)n(Cc3ccc(C)cc3)c(=O)c2c1C. The number of rotatable bonds is 5. The second-order valence-corrected chi connectivity index (χ2v) is 8.74. The first-order valence-corrected chi connectivity index (χ1v) is 10.3. The quantitative estimate of drug-likeness (QED) is 0.474. The third-order valence-electron chi connectivity index (χ3n) is 4.36. The Balaban J connectivity index is 2.19. The summed E-state index contributed by atoms with van der Waals surface area (Å²) in [4.78, 5) is 20.0. The average Bonchev–Trinajstić information content (AvgIpc) is 2.95. The molecule has 3 aromatic rings. The average molecular weight is 384 g/mol. The lowest BCUT2D eigenvalue weighted by Crippen LogP contribution is -2.24. The van der Waals surface area contributed by atoms with Crippen LogP contribution in [0.25, 0.3) is 10.2 Å². The lowest BCUT2D eigenvalue weighted by atomic mass is 10.1. The predicted molar refractivity (Wildman–Crippen MR) is 109 cm³/mol. The topological polar surface area (TPSA) is 58.7 Å². The van der Waals surface area contributed by atoms with Gasteiger partial charge in [0.15, 0.2) is 5.16 Å². The molecule has 0 fully saturated rings. The molecule has 2 heterocycles. The van der Waals surface area contributed by atoms with E-state index in [1.165, 1.54) is 22.2 Å². The molecule has 0 aliphatic heterocycles. The molecule has 0 bridgehead atoms. The van der Waals surface area contributed by atoms with E-state index in [-0.39, 0.29) is 10.8 Å². The molecule has 0 N–H and O–H groups in total. The molecule has 134 valence electrons. The first-order valence-electron chi connectivity index (χ1n) is 8.59. The van der Waals surface area contributed by atoms with Gasteiger partial charge in [-0.1, -0.05) is 48.5 Å². The van der Waals surface area contributed by atoms with Gasteiger partial charge in [0.1, 0.15) is 4.83 Å². The molecule has 0 radical (unpaired) electrons. The lowest BCUT2D eigenvalue weighted by Gasteiger charge is -2.13. The standard InChI is InChI=1S/C20H21N3OS2/c1-5-16-14(4)17-18(26-16)22-20(25-13(3)10-21)23(19(17)24)11-15-8-6-12(2)7-9-15/h6-9,13H,5,11H2,1-4H3/t13-/m0/s1. The number of benzene rings is 1. The third kappa shape index (κ3) is 3.55. The predicted octanol–water partition coefficient (Wildman–Crippen LogP) is 4.69. The van der Waals surface area contributed by atoms with Crippen LogP contribution in [-0.2, 0) is 13.0 Å². The Morgan fingerprint density at radius 1 is 1.31 bits per heavy atom. The molecule has 0 unspecified atom stereocenters. The van der Waals surface area contributed by atoms with E-state index in [0.717, 1.165) is 22.4 Å². The minimum Gasteiger partial charge on any atom is -0.282 e. The maximum Gasteiger partial charge on any atom is 0.263 e. The zero-order valence-corrected chi connectivity index (χ0v) is 17.0. The summed E-state index contributed by atoms with van der Waals surface area (Å²) in [5.41, 5.74) is 3.25. The van der Waals surface area contributed by atoms with Crippen LogP contribution in [0.15, 0.2) is 34.2 Å². The van der Waals surface area contributed by atoms with Crippen molar-refractivity contribution in [3.63, 3.8) is 0 Å². The second-order valence-electron chi connectivity index (χ2n) is 6.34. The van der Waals surface area contributed by atoms with E-state index >= 15 is 0 Å². The van der Waals surface area contributed by atoms with Crippen molar-refractivity contribution in [2.75, 3.05) is 0 Å². The van der Waals surface area contributed by atoms with Gasteiger partial charge >= 0.3 is 0 Å². The van der Waals surface area contributed by atoms with Gasteiger partial charge in [0.2, 0.25) is 0 Å². The van der Waals surface area contributed by atoms with Crippen LogP contribution >= 0.6 is 23.1 Å².